The molecule has 0 aliphatic heterocycles. The largest absolute Gasteiger partial charge is 0.389 e. The summed E-state index contributed by atoms with van der Waals surface area (Å²) < 4.78 is 14.1. The summed E-state index contributed by atoms with van der Waals surface area (Å²) in [6.45, 7) is 4.73. The molecule has 3 heteroatoms. The average molecular weight is 251 g/mol. The van der Waals surface area contributed by atoms with E-state index < -0.39 is 6.10 Å². The van der Waals surface area contributed by atoms with E-state index in [0.717, 1.165) is 19.4 Å². The number of rotatable bonds is 6. The van der Waals surface area contributed by atoms with Gasteiger partial charge in [-0.1, -0.05) is 19.4 Å². The van der Waals surface area contributed by atoms with E-state index in [1.807, 2.05) is 12.1 Å². The molecule has 1 fully saturated rings. The maximum absolute atomic E-state index is 14.1. The molecule has 0 unspecified atom stereocenters. The quantitative estimate of drug-likeness (QED) is 0.834. The summed E-state index contributed by atoms with van der Waals surface area (Å²) in [6, 6.07) is 5.61. The van der Waals surface area contributed by atoms with Crippen LogP contribution in [-0.2, 0) is 0 Å². The molecule has 0 amide bonds. The van der Waals surface area contributed by atoms with Crippen molar-refractivity contribution in [3.63, 3.8) is 0 Å². The van der Waals surface area contributed by atoms with Crippen molar-refractivity contribution in [2.45, 2.75) is 51.7 Å². The maximum Gasteiger partial charge on any atom is 0.146 e. The number of anilines is 1. The van der Waals surface area contributed by atoms with Crippen molar-refractivity contribution in [1.29, 1.82) is 0 Å². The lowest BCUT2D eigenvalue weighted by Gasteiger charge is -2.25. The standard InChI is InChI=1S/C15H22FNO/c1-3-4-9-17(13-6-7-13)15-8-5-12(11(2)18)10-14(15)16/h5,8,10-11,13,18H,3-4,6-7,9H2,1-2H3/t11-/m1/s1. The van der Waals surface area contributed by atoms with E-state index in [9.17, 15) is 9.50 Å². The van der Waals surface area contributed by atoms with Crippen LogP contribution in [0.2, 0.25) is 0 Å². The summed E-state index contributed by atoms with van der Waals surface area (Å²) in [7, 11) is 0. The van der Waals surface area contributed by atoms with Crippen LogP contribution in [0.1, 0.15) is 51.2 Å². The molecule has 1 aliphatic rings. The highest BCUT2D eigenvalue weighted by atomic mass is 19.1. The molecule has 2 rings (SSSR count). The fourth-order valence-corrected chi connectivity index (χ4v) is 2.23. The van der Waals surface area contributed by atoms with Gasteiger partial charge in [-0.2, -0.15) is 0 Å². The van der Waals surface area contributed by atoms with E-state index >= 15 is 0 Å². The molecule has 1 aromatic carbocycles. The normalized spacial score (nSPS) is 16.7. The van der Waals surface area contributed by atoms with E-state index in [4.69, 9.17) is 0 Å². The Morgan fingerprint density at radius 3 is 2.67 bits per heavy atom. The van der Waals surface area contributed by atoms with Crippen molar-refractivity contribution in [3.05, 3.63) is 29.6 Å². The Bertz CT molecular complexity index is 401. The first-order valence-electron chi connectivity index (χ1n) is 6.87. The van der Waals surface area contributed by atoms with Gasteiger partial charge in [-0.3, -0.25) is 0 Å². The van der Waals surface area contributed by atoms with E-state index in [1.165, 1.54) is 18.9 Å². The van der Waals surface area contributed by atoms with Gasteiger partial charge in [0.2, 0.25) is 0 Å². The van der Waals surface area contributed by atoms with Gasteiger partial charge in [-0.05, 0) is 43.9 Å². The summed E-state index contributed by atoms with van der Waals surface area (Å²) >= 11 is 0. The molecule has 1 aromatic rings. The van der Waals surface area contributed by atoms with E-state index in [0.29, 0.717) is 17.3 Å². The minimum absolute atomic E-state index is 0.212. The van der Waals surface area contributed by atoms with Gasteiger partial charge >= 0.3 is 0 Å². The van der Waals surface area contributed by atoms with E-state index in [2.05, 4.69) is 11.8 Å². The van der Waals surface area contributed by atoms with Crippen LogP contribution in [0.3, 0.4) is 0 Å². The van der Waals surface area contributed by atoms with Crippen molar-refractivity contribution in [1.82, 2.24) is 0 Å². The van der Waals surface area contributed by atoms with Gasteiger partial charge in [-0.15, -0.1) is 0 Å². The fraction of sp³-hybridized carbons (Fsp3) is 0.600. The second kappa shape index (κ2) is 5.70. The molecule has 0 radical (unpaired) electrons. The van der Waals surface area contributed by atoms with Crippen LogP contribution in [0.5, 0.6) is 0 Å². The highest BCUT2D eigenvalue weighted by Gasteiger charge is 2.30. The summed E-state index contributed by atoms with van der Waals surface area (Å²) in [5.41, 5.74) is 1.33. The highest BCUT2D eigenvalue weighted by molar-refractivity contribution is 5.51. The van der Waals surface area contributed by atoms with Gasteiger partial charge in [0.25, 0.3) is 0 Å². The lowest BCUT2D eigenvalue weighted by atomic mass is 10.1. The molecule has 1 N–H and O–H groups in total. The summed E-state index contributed by atoms with van der Waals surface area (Å²) in [5.74, 6) is -0.212. The second-order valence-electron chi connectivity index (χ2n) is 5.16. The topological polar surface area (TPSA) is 23.5 Å². The molecule has 100 valence electrons. The van der Waals surface area contributed by atoms with Gasteiger partial charge in [0, 0.05) is 12.6 Å². The zero-order valence-corrected chi connectivity index (χ0v) is 11.2. The number of benzene rings is 1. The monoisotopic (exact) mass is 251 g/mol. The van der Waals surface area contributed by atoms with Crippen LogP contribution in [0.15, 0.2) is 18.2 Å². The molecule has 1 atom stereocenters. The minimum Gasteiger partial charge on any atom is -0.389 e. The Hall–Kier alpha value is -1.09. The van der Waals surface area contributed by atoms with Crippen molar-refractivity contribution >= 4 is 5.69 Å². The molecular formula is C15H22FNO. The molecular weight excluding hydrogens is 229 g/mol. The zero-order chi connectivity index (χ0) is 13.1. The Morgan fingerprint density at radius 1 is 1.44 bits per heavy atom. The molecule has 0 aromatic heterocycles. The lowest BCUT2D eigenvalue weighted by Crippen LogP contribution is -2.27. The highest BCUT2D eigenvalue weighted by Crippen LogP contribution is 2.34. The third-order valence-corrected chi connectivity index (χ3v) is 3.50. The van der Waals surface area contributed by atoms with Gasteiger partial charge in [0.05, 0.1) is 11.8 Å². The van der Waals surface area contributed by atoms with Crippen molar-refractivity contribution in [3.8, 4) is 0 Å². The molecule has 18 heavy (non-hydrogen) atoms. The average Bonchev–Trinajstić information content (AvgIpc) is 3.15. The summed E-state index contributed by atoms with van der Waals surface area (Å²) in [6.07, 6.45) is 3.94. The SMILES string of the molecule is CCCCN(c1ccc([C@@H](C)O)cc1F)C1CC1. The van der Waals surface area contributed by atoms with Crippen LogP contribution in [0.4, 0.5) is 10.1 Å². The third kappa shape index (κ3) is 3.02. The molecule has 2 nitrogen and oxygen atoms in total. The molecule has 0 saturated heterocycles. The van der Waals surface area contributed by atoms with Crippen LogP contribution in [0.25, 0.3) is 0 Å². The van der Waals surface area contributed by atoms with Crippen LogP contribution < -0.4 is 4.90 Å². The van der Waals surface area contributed by atoms with Crippen LogP contribution in [-0.4, -0.2) is 17.7 Å². The molecule has 0 heterocycles. The minimum atomic E-state index is -0.612. The van der Waals surface area contributed by atoms with E-state index in [-0.39, 0.29) is 5.82 Å². The maximum atomic E-state index is 14.1. The first-order chi connectivity index (χ1) is 8.63. The van der Waals surface area contributed by atoms with E-state index in [1.54, 1.807) is 6.92 Å². The first kappa shape index (κ1) is 13.3. The van der Waals surface area contributed by atoms with Gasteiger partial charge in [0.15, 0.2) is 0 Å². The zero-order valence-electron chi connectivity index (χ0n) is 11.2. The van der Waals surface area contributed by atoms with Gasteiger partial charge < -0.3 is 10.0 Å². The van der Waals surface area contributed by atoms with Gasteiger partial charge in [-0.25, -0.2) is 4.39 Å². The lowest BCUT2D eigenvalue weighted by molar-refractivity contribution is 0.199. The van der Waals surface area contributed by atoms with Crippen LogP contribution >= 0.6 is 0 Å². The predicted molar refractivity (Wildman–Crippen MR) is 72.3 cm³/mol. The summed E-state index contributed by atoms with van der Waals surface area (Å²) in [4.78, 5) is 2.19. The number of aliphatic hydroxyl groups excluding tert-OH is 1. The third-order valence-electron chi connectivity index (χ3n) is 3.50. The van der Waals surface area contributed by atoms with Crippen molar-refractivity contribution < 1.29 is 9.50 Å². The number of unbranched alkanes of at least 4 members (excludes halogenated alkanes) is 1. The molecule has 1 aliphatic carbocycles. The Balaban J connectivity index is 2.19. The van der Waals surface area contributed by atoms with Crippen LogP contribution in [0, 0.1) is 5.82 Å². The smallest absolute Gasteiger partial charge is 0.146 e. The fourth-order valence-electron chi connectivity index (χ4n) is 2.23. The number of nitrogens with zero attached hydrogens (tertiary/aromatic N) is 1. The number of aliphatic hydroxyl groups is 1. The number of hydrogen-bond acceptors (Lipinski definition) is 2. The molecule has 0 bridgehead atoms. The predicted octanol–water partition coefficient (Wildman–Crippen LogP) is 3.65. The first-order valence-corrected chi connectivity index (χ1v) is 6.87. The number of halogens is 1. The second-order valence-corrected chi connectivity index (χ2v) is 5.16. The Kier molecular flexibility index (Phi) is 4.23. The van der Waals surface area contributed by atoms with Crippen molar-refractivity contribution in [2.24, 2.45) is 0 Å². The Morgan fingerprint density at radius 2 is 2.17 bits per heavy atom. The van der Waals surface area contributed by atoms with Crippen molar-refractivity contribution in [2.75, 3.05) is 11.4 Å². The Labute approximate surface area is 108 Å². The van der Waals surface area contributed by atoms with Gasteiger partial charge in [0.1, 0.15) is 5.82 Å². The number of hydrogen-bond donors (Lipinski definition) is 1. The molecule has 0 spiro atoms. The molecule has 1 saturated carbocycles. The summed E-state index contributed by atoms with van der Waals surface area (Å²) in [5, 5.41) is 9.46.